The van der Waals surface area contributed by atoms with E-state index in [4.69, 9.17) is 0 Å². The summed E-state index contributed by atoms with van der Waals surface area (Å²) in [4.78, 5) is 0. The molecule has 2 fully saturated rings. The van der Waals surface area contributed by atoms with Crippen LogP contribution in [0.3, 0.4) is 0 Å². The Morgan fingerprint density at radius 3 is 2.29 bits per heavy atom. The summed E-state index contributed by atoms with van der Waals surface area (Å²) in [5.41, 5.74) is 0. The van der Waals surface area contributed by atoms with Crippen LogP contribution in [0.2, 0.25) is 0 Å². The highest BCUT2D eigenvalue weighted by Gasteiger charge is 2.36. The van der Waals surface area contributed by atoms with Crippen molar-refractivity contribution < 1.29 is 0 Å². The van der Waals surface area contributed by atoms with Crippen molar-refractivity contribution in [2.45, 2.75) is 64.8 Å². The van der Waals surface area contributed by atoms with Crippen molar-refractivity contribution in [2.75, 3.05) is 0 Å². The van der Waals surface area contributed by atoms with Crippen LogP contribution in [0, 0.1) is 18.8 Å². The summed E-state index contributed by atoms with van der Waals surface area (Å²) in [5, 5.41) is 8.67. The van der Waals surface area contributed by atoms with Gasteiger partial charge in [0.05, 0.1) is 0 Å². The van der Waals surface area contributed by atoms with Crippen molar-refractivity contribution in [3.05, 3.63) is 11.6 Å². The van der Waals surface area contributed by atoms with Crippen molar-refractivity contribution in [1.82, 2.24) is 14.8 Å². The summed E-state index contributed by atoms with van der Waals surface area (Å²) < 4.78 is 2.44. The van der Waals surface area contributed by atoms with Crippen LogP contribution in [-0.4, -0.2) is 14.8 Å². The lowest BCUT2D eigenvalue weighted by Gasteiger charge is -2.30. The molecule has 1 aromatic rings. The van der Waals surface area contributed by atoms with E-state index in [1.54, 1.807) is 0 Å². The zero-order chi connectivity index (χ0) is 12.0. The molecule has 94 valence electrons. The van der Waals surface area contributed by atoms with Gasteiger partial charge in [0.15, 0.2) is 0 Å². The van der Waals surface area contributed by atoms with Crippen LogP contribution in [0.25, 0.3) is 0 Å². The van der Waals surface area contributed by atoms with E-state index in [1.165, 1.54) is 37.9 Å². The highest BCUT2D eigenvalue weighted by Crippen LogP contribution is 2.47. The molecule has 2 saturated carbocycles. The van der Waals surface area contributed by atoms with Gasteiger partial charge < -0.3 is 4.57 Å². The average molecular weight is 233 g/mol. The fourth-order valence-corrected chi connectivity index (χ4v) is 3.91. The molecule has 3 atom stereocenters. The summed E-state index contributed by atoms with van der Waals surface area (Å²) >= 11 is 0. The molecule has 3 nitrogen and oxygen atoms in total. The van der Waals surface area contributed by atoms with Crippen LogP contribution >= 0.6 is 0 Å². The standard InChI is InChI=1S/C14H23N3/c1-9(2)14-16-15-10(3)17(14)13-7-11-4-5-12(6-11)8-13/h9,11-13H,4-8H2,1-3H3/t11-,12+,13?. The zero-order valence-electron chi connectivity index (χ0n) is 11.2. The van der Waals surface area contributed by atoms with Crippen molar-refractivity contribution in [3.63, 3.8) is 0 Å². The fraction of sp³-hybridized carbons (Fsp3) is 0.857. The fourth-order valence-electron chi connectivity index (χ4n) is 3.91. The van der Waals surface area contributed by atoms with Gasteiger partial charge in [-0.15, -0.1) is 10.2 Å². The Morgan fingerprint density at radius 1 is 1.06 bits per heavy atom. The van der Waals surface area contributed by atoms with Crippen LogP contribution in [0.1, 0.15) is 69.6 Å². The van der Waals surface area contributed by atoms with Gasteiger partial charge in [0.2, 0.25) is 0 Å². The minimum Gasteiger partial charge on any atom is -0.312 e. The first-order valence-corrected chi connectivity index (χ1v) is 7.06. The highest BCUT2D eigenvalue weighted by molar-refractivity contribution is 5.03. The van der Waals surface area contributed by atoms with Crippen LogP contribution in [-0.2, 0) is 0 Å². The monoisotopic (exact) mass is 233 g/mol. The van der Waals surface area contributed by atoms with Crippen LogP contribution in [0.5, 0.6) is 0 Å². The largest absolute Gasteiger partial charge is 0.312 e. The molecule has 2 aliphatic rings. The molecule has 0 aliphatic heterocycles. The van der Waals surface area contributed by atoms with Crippen molar-refractivity contribution in [3.8, 4) is 0 Å². The van der Waals surface area contributed by atoms with Crippen molar-refractivity contribution in [1.29, 1.82) is 0 Å². The number of aromatic nitrogens is 3. The maximum absolute atomic E-state index is 4.37. The third-order valence-corrected chi connectivity index (χ3v) is 4.63. The normalized spacial score (nSPS) is 32.4. The Hall–Kier alpha value is -0.860. The van der Waals surface area contributed by atoms with E-state index < -0.39 is 0 Å². The van der Waals surface area contributed by atoms with E-state index in [1.807, 2.05) is 0 Å². The van der Waals surface area contributed by atoms with Gasteiger partial charge in [-0.3, -0.25) is 0 Å². The van der Waals surface area contributed by atoms with Gasteiger partial charge in [0.25, 0.3) is 0 Å². The predicted octanol–water partition coefficient (Wildman–Crippen LogP) is 3.46. The number of nitrogens with zero attached hydrogens (tertiary/aromatic N) is 3. The Kier molecular flexibility index (Phi) is 2.72. The van der Waals surface area contributed by atoms with Gasteiger partial charge in [-0.25, -0.2) is 0 Å². The Labute approximate surface area is 104 Å². The molecule has 17 heavy (non-hydrogen) atoms. The zero-order valence-corrected chi connectivity index (χ0v) is 11.2. The van der Waals surface area contributed by atoms with E-state index >= 15 is 0 Å². The van der Waals surface area contributed by atoms with Crippen LogP contribution in [0.15, 0.2) is 0 Å². The Bertz CT molecular complexity index is 396. The number of aryl methyl sites for hydroxylation is 1. The molecule has 3 rings (SSSR count). The molecule has 0 spiro atoms. The van der Waals surface area contributed by atoms with Crippen molar-refractivity contribution >= 4 is 0 Å². The van der Waals surface area contributed by atoms with E-state index in [0.717, 1.165) is 17.7 Å². The first kappa shape index (κ1) is 11.2. The van der Waals surface area contributed by atoms with Crippen LogP contribution < -0.4 is 0 Å². The molecule has 0 amide bonds. The minimum atomic E-state index is 0.482. The molecule has 0 radical (unpaired) electrons. The Morgan fingerprint density at radius 2 is 1.71 bits per heavy atom. The topological polar surface area (TPSA) is 30.7 Å². The summed E-state index contributed by atoms with van der Waals surface area (Å²) in [7, 11) is 0. The molecular formula is C14H23N3. The first-order valence-electron chi connectivity index (χ1n) is 7.06. The average Bonchev–Trinajstić information content (AvgIpc) is 2.82. The van der Waals surface area contributed by atoms with Crippen LogP contribution in [0.4, 0.5) is 0 Å². The van der Waals surface area contributed by atoms with Gasteiger partial charge in [-0.2, -0.15) is 0 Å². The third-order valence-electron chi connectivity index (χ3n) is 4.63. The van der Waals surface area contributed by atoms with E-state index in [9.17, 15) is 0 Å². The Balaban J connectivity index is 1.91. The molecule has 2 bridgehead atoms. The lowest BCUT2D eigenvalue weighted by molar-refractivity contribution is 0.253. The minimum absolute atomic E-state index is 0.482. The second-order valence-corrected chi connectivity index (χ2v) is 6.30. The number of fused-ring (bicyclic) bond motifs is 2. The molecule has 1 aromatic heterocycles. The molecule has 0 aromatic carbocycles. The molecule has 2 aliphatic carbocycles. The van der Waals surface area contributed by atoms with E-state index in [0.29, 0.717) is 12.0 Å². The van der Waals surface area contributed by atoms with Gasteiger partial charge in [-0.05, 0) is 38.0 Å². The highest BCUT2D eigenvalue weighted by atomic mass is 15.3. The molecule has 0 N–H and O–H groups in total. The first-order chi connectivity index (χ1) is 8.15. The lowest BCUT2D eigenvalue weighted by atomic mass is 9.85. The van der Waals surface area contributed by atoms with Crippen molar-refractivity contribution in [2.24, 2.45) is 11.8 Å². The van der Waals surface area contributed by atoms with Gasteiger partial charge in [0.1, 0.15) is 11.6 Å². The molecule has 3 heteroatoms. The summed E-state index contributed by atoms with van der Waals surface area (Å²) in [6.07, 6.45) is 7.11. The molecule has 1 unspecified atom stereocenters. The van der Waals surface area contributed by atoms with Gasteiger partial charge in [0, 0.05) is 12.0 Å². The SMILES string of the molecule is Cc1nnc(C(C)C)n1C1C[C@H]2CC[C@@H](C1)C2. The quantitative estimate of drug-likeness (QED) is 0.783. The molecular weight excluding hydrogens is 210 g/mol. The third kappa shape index (κ3) is 1.90. The number of hydrogen-bond donors (Lipinski definition) is 0. The van der Waals surface area contributed by atoms with E-state index in [2.05, 4.69) is 35.5 Å². The second kappa shape index (κ2) is 4.11. The summed E-state index contributed by atoms with van der Waals surface area (Å²) in [6.45, 7) is 6.55. The maximum Gasteiger partial charge on any atom is 0.135 e. The maximum atomic E-state index is 4.37. The van der Waals surface area contributed by atoms with Gasteiger partial charge in [-0.1, -0.05) is 26.7 Å². The second-order valence-electron chi connectivity index (χ2n) is 6.30. The summed E-state index contributed by atoms with van der Waals surface area (Å²) in [5.74, 6) is 4.73. The van der Waals surface area contributed by atoms with E-state index in [-0.39, 0.29) is 0 Å². The summed E-state index contributed by atoms with van der Waals surface area (Å²) in [6, 6.07) is 0.675. The number of hydrogen-bond acceptors (Lipinski definition) is 2. The molecule has 0 saturated heterocycles. The molecule has 1 heterocycles. The lowest BCUT2D eigenvalue weighted by Crippen LogP contribution is -2.22. The smallest absolute Gasteiger partial charge is 0.135 e. The number of rotatable bonds is 2. The van der Waals surface area contributed by atoms with Gasteiger partial charge >= 0.3 is 0 Å². The predicted molar refractivity (Wildman–Crippen MR) is 68.0 cm³/mol.